The topological polar surface area (TPSA) is 41.5 Å². The number of ether oxygens (including phenoxy) is 1. The standard InChI is InChI=1S/C7H15NO2/c1-6-7(2-4-9)8-3-5-10-6/h6-9H,2-5H2,1H3/t6-,7?/m1/s1. The predicted octanol–water partition coefficient (Wildman–Crippen LogP) is -0.254. The van der Waals surface area contributed by atoms with Crippen LogP contribution in [-0.4, -0.2) is 37.0 Å². The molecule has 0 spiro atoms. The molecule has 0 aromatic carbocycles. The molecule has 0 saturated carbocycles. The molecular formula is C7H15NO2. The highest BCUT2D eigenvalue weighted by atomic mass is 16.5. The summed E-state index contributed by atoms with van der Waals surface area (Å²) in [4.78, 5) is 0. The minimum atomic E-state index is 0.241. The van der Waals surface area contributed by atoms with Gasteiger partial charge in [0, 0.05) is 19.2 Å². The van der Waals surface area contributed by atoms with Gasteiger partial charge in [-0.2, -0.15) is 0 Å². The lowest BCUT2D eigenvalue weighted by molar-refractivity contribution is 0.00168. The third-order valence-corrected chi connectivity index (χ3v) is 1.90. The highest BCUT2D eigenvalue weighted by molar-refractivity contribution is 4.76. The fraction of sp³-hybridized carbons (Fsp3) is 1.00. The summed E-state index contributed by atoms with van der Waals surface area (Å²) in [6, 6.07) is 0.346. The van der Waals surface area contributed by atoms with Crippen molar-refractivity contribution in [3.8, 4) is 0 Å². The molecule has 1 rings (SSSR count). The van der Waals surface area contributed by atoms with Crippen molar-refractivity contribution in [2.45, 2.75) is 25.5 Å². The third kappa shape index (κ3) is 1.94. The van der Waals surface area contributed by atoms with Gasteiger partial charge in [0.05, 0.1) is 12.7 Å². The quantitative estimate of drug-likeness (QED) is 0.563. The van der Waals surface area contributed by atoms with E-state index >= 15 is 0 Å². The average Bonchev–Trinajstić information content (AvgIpc) is 1.94. The van der Waals surface area contributed by atoms with Gasteiger partial charge in [0.1, 0.15) is 0 Å². The summed E-state index contributed by atoms with van der Waals surface area (Å²) in [5, 5.41) is 11.9. The summed E-state index contributed by atoms with van der Waals surface area (Å²) in [7, 11) is 0. The van der Waals surface area contributed by atoms with Gasteiger partial charge in [-0.05, 0) is 13.3 Å². The molecule has 1 fully saturated rings. The minimum absolute atomic E-state index is 0.241. The van der Waals surface area contributed by atoms with E-state index in [2.05, 4.69) is 5.32 Å². The van der Waals surface area contributed by atoms with E-state index in [9.17, 15) is 0 Å². The molecule has 3 nitrogen and oxygen atoms in total. The summed E-state index contributed by atoms with van der Waals surface area (Å²) in [6.07, 6.45) is 1.04. The molecule has 60 valence electrons. The normalized spacial score (nSPS) is 34.2. The van der Waals surface area contributed by atoms with Crippen molar-refractivity contribution in [3.05, 3.63) is 0 Å². The first kappa shape index (κ1) is 7.98. The van der Waals surface area contributed by atoms with Crippen LogP contribution in [0.5, 0.6) is 0 Å². The van der Waals surface area contributed by atoms with E-state index in [0.29, 0.717) is 6.04 Å². The smallest absolute Gasteiger partial charge is 0.0701 e. The van der Waals surface area contributed by atoms with Gasteiger partial charge in [-0.1, -0.05) is 0 Å². The van der Waals surface area contributed by atoms with Gasteiger partial charge in [0.25, 0.3) is 0 Å². The summed E-state index contributed by atoms with van der Waals surface area (Å²) >= 11 is 0. The summed E-state index contributed by atoms with van der Waals surface area (Å²) in [6.45, 7) is 3.98. The molecule has 0 aromatic rings. The van der Waals surface area contributed by atoms with Gasteiger partial charge in [-0.15, -0.1) is 0 Å². The first-order valence-electron chi connectivity index (χ1n) is 3.80. The molecule has 2 N–H and O–H groups in total. The molecular weight excluding hydrogens is 130 g/mol. The van der Waals surface area contributed by atoms with Gasteiger partial charge in [0.2, 0.25) is 0 Å². The molecule has 1 aliphatic heterocycles. The fourth-order valence-electron chi connectivity index (χ4n) is 1.25. The Balaban J connectivity index is 2.25. The van der Waals surface area contributed by atoms with Crippen molar-refractivity contribution in [3.63, 3.8) is 0 Å². The lowest BCUT2D eigenvalue weighted by Gasteiger charge is -2.29. The minimum Gasteiger partial charge on any atom is -0.396 e. The molecule has 0 bridgehead atoms. The largest absolute Gasteiger partial charge is 0.396 e. The number of hydrogen-bond acceptors (Lipinski definition) is 3. The number of hydrogen-bond donors (Lipinski definition) is 2. The molecule has 0 radical (unpaired) electrons. The maximum Gasteiger partial charge on any atom is 0.0701 e. The van der Waals surface area contributed by atoms with Crippen molar-refractivity contribution in [1.29, 1.82) is 0 Å². The second-order valence-corrected chi connectivity index (χ2v) is 2.65. The Morgan fingerprint density at radius 3 is 3.10 bits per heavy atom. The van der Waals surface area contributed by atoms with Crippen LogP contribution in [-0.2, 0) is 4.74 Å². The van der Waals surface area contributed by atoms with E-state index in [-0.39, 0.29) is 12.7 Å². The first-order valence-corrected chi connectivity index (χ1v) is 3.80. The first-order chi connectivity index (χ1) is 4.84. The van der Waals surface area contributed by atoms with Crippen LogP contribution in [0.1, 0.15) is 13.3 Å². The van der Waals surface area contributed by atoms with E-state index in [1.165, 1.54) is 0 Å². The molecule has 3 heteroatoms. The van der Waals surface area contributed by atoms with Crippen LogP contribution in [0.4, 0.5) is 0 Å². The second kappa shape index (κ2) is 3.91. The van der Waals surface area contributed by atoms with Crippen molar-refractivity contribution >= 4 is 0 Å². The zero-order chi connectivity index (χ0) is 7.40. The van der Waals surface area contributed by atoms with Crippen LogP contribution in [0.15, 0.2) is 0 Å². The maximum atomic E-state index is 8.64. The Hall–Kier alpha value is -0.120. The van der Waals surface area contributed by atoms with Crippen molar-refractivity contribution < 1.29 is 9.84 Å². The number of rotatable bonds is 2. The summed E-state index contributed by atoms with van der Waals surface area (Å²) in [5.74, 6) is 0. The van der Waals surface area contributed by atoms with Crippen molar-refractivity contribution in [1.82, 2.24) is 5.32 Å². The van der Waals surface area contributed by atoms with Crippen LogP contribution < -0.4 is 5.32 Å². The van der Waals surface area contributed by atoms with E-state index < -0.39 is 0 Å². The van der Waals surface area contributed by atoms with Crippen LogP contribution >= 0.6 is 0 Å². The van der Waals surface area contributed by atoms with Crippen LogP contribution in [0, 0.1) is 0 Å². The van der Waals surface area contributed by atoms with Crippen molar-refractivity contribution in [2.24, 2.45) is 0 Å². The number of morpholine rings is 1. The molecule has 2 atom stereocenters. The van der Waals surface area contributed by atoms with Gasteiger partial charge in [-0.3, -0.25) is 0 Å². The molecule has 0 amide bonds. The van der Waals surface area contributed by atoms with Crippen molar-refractivity contribution in [2.75, 3.05) is 19.8 Å². The molecule has 10 heavy (non-hydrogen) atoms. The predicted molar refractivity (Wildman–Crippen MR) is 38.9 cm³/mol. The highest BCUT2D eigenvalue weighted by Crippen LogP contribution is 2.06. The van der Waals surface area contributed by atoms with Crippen LogP contribution in [0.3, 0.4) is 0 Å². The molecule has 1 heterocycles. The molecule has 1 unspecified atom stereocenters. The monoisotopic (exact) mass is 145 g/mol. The Bertz CT molecular complexity index is 95.6. The lowest BCUT2D eigenvalue weighted by atomic mass is 10.1. The zero-order valence-corrected chi connectivity index (χ0v) is 6.34. The molecule has 0 aromatic heterocycles. The van der Waals surface area contributed by atoms with Gasteiger partial charge < -0.3 is 15.2 Å². The van der Waals surface area contributed by atoms with Crippen LogP contribution in [0.25, 0.3) is 0 Å². The number of aliphatic hydroxyl groups excluding tert-OH is 1. The SMILES string of the molecule is C[C@H]1OCCNC1CCO. The Kier molecular flexibility index (Phi) is 3.12. The molecule has 1 saturated heterocycles. The average molecular weight is 145 g/mol. The fourth-order valence-corrected chi connectivity index (χ4v) is 1.25. The van der Waals surface area contributed by atoms with Gasteiger partial charge in [-0.25, -0.2) is 0 Å². The Labute approximate surface area is 61.4 Å². The summed E-state index contributed by atoms with van der Waals surface area (Å²) in [5.41, 5.74) is 0. The lowest BCUT2D eigenvalue weighted by Crippen LogP contribution is -2.47. The third-order valence-electron chi connectivity index (χ3n) is 1.90. The second-order valence-electron chi connectivity index (χ2n) is 2.65. The maximum absolute atomic E-state index is 8.64. The van der Waals surface area contributed by atoms with Crippen LogP contribution in [0.2, 0.25) is 0 Å². The Morgan fingerprint density at radius 1 is 1.70 bits per heavy atom. The van der Waals surface area contributed by atoms with Gasteiger partial charge >= 0.3 is 0 Å². The van der Waals surface area contributed by atoms with E-state index in [4.69, 9.17) is 9.84 Å². The van der Waals surface area contributed by atoms with E-state index in [0.717, 1.165) is 19.6 Å². The zero-order valence-electron chi connectivity index (χ0n) is 6.34. The van der Waals surface area contributed by atoms with Gasteiger partial charge in [0.15, 0.2) is 0 Å². The Morgan fingerprint density at radius 2 is 2.50 bits per heavy atom. The van der Waals surface area contributed by atoms with E-state index in [1.54, 1.807) is 0 Å². The molecule has 1 aliphatic rings. The number of aliphatic hydroxyl groups is 1. The number of nitrogens with one attached hydrogen (secondary N) is 1. The highest BCUT2D eigenvalue weighted by Gasteiger charge is 2.19. The van der Waals surface area contributed by atoms with E-state index in [1.807, 2.05) is 6.92 Å². The summed E-state index contributed by atoms with van der Waals surface area (Å²) < 4.78 is 5.37. The molecule has 0 aliphatic carbocycles.